The van der Waals surface area contributed by atoms with Gasteiger partial charge in [-0.2, -0.15) is 0 Å². The van der Waals surface area contributed by atoms with Gasteiger partial charge in [-0.15, -0.1) is 0 Å². The molecule has 0 aliphatic carbocycles. The SMILES string of the molecule is CCCC(NC(=O)c1cc(Cl)ccc1I)C(=O)O. The Balaban J connectivity index is 2.86. The first-order chi connectivity index (χ1) is 8.45. The molecule has 0 fully saturated rings. The number of carboxylic acids is 1. The van der Waals surface area contributed by atoms with Gasteiger partial charge in [0.15, 0.2) is 0 Å². The molecular weight excluding hydrogens is 368 g/mol. The van der Waals surface area contributed by atoms with E-state index in [-0.39, 0.29) is 0 Å². The Morgan fingerprint density at radius 1 is 1.50 bits per heavy atom. The van der Waals surface area contributed by atoms with E-state index in [0.717, 1.165) is 3.57 Å². The van der Waals surface area contributed by atoms with Crippen molar-refractivity contribution in [1.29, 1.82) is 0 Å². The molecule has 1 unspecified atom stereocenters. The summed E-state index contributed by atoms with van der Waals surface area (Å²) in [5, 5.41) is 11.9. The molecule has 0 aromatic heterocycles. The maximum atomic E-state index is 12.0. The molecule has 0 radical (unpaired) electrons. The Hall–Kier alpha value is -0.820. The summed E-state index contributed by atoms with van der Waals surface area (Å²) in [4.78, 5) is 22.9. The number of nitrogens with one attached hydrogen (secondary N) is 1. The summed E-state index contributed by atoms with van der Waals surface area (Å²) in [6.07, 6.45) is 1.09. The normalized spacial score (nSPS) is 11.9. The number of hydrogen-bond acceptors (Lipinski definition) is 2. The van der Waals surface area contributed by atoms with Crippen LogP contribution in [0.1, 0.15) is 30.1 Å². The summed E-state index contributed by atoms with van der Waals surface area (Å²) in [7, 11) is 0. The van der Waals surface area contributed by atoms with Crippen LogP contribution in [0.3, 0.4) is 0 Å². The Morgan fingerprint density at radius 2 is 2.17 bits per heavy atom. The highest BCUT2D eigenvalue weighted by Gasteiger charge is 2.20. The summed E-state index contributed by atoms with van der Waals surface area (Å²) in [5.41, 5.74) is 0.394. The quantitative estimate of drug-likeness (QED) is 0.771. The fraction of sp³-hybridized carbons (Fsp3) is 0.333. The molecule has 1 atom stereocenters. The number of amides is 1. The van der Waals surface area contributed by atoms with Gasteiger partial charge in [0, 0.05) is 8.59 Å². The fourth-order valence-corrected chi connectivity index (χ4v) is 2.21. The van der Waals surface area contributed by atoms with Gasteiger partial charge in [-0.25, -0.2) is 4.79 Å². The molecule has 4 nitrogen and oxygen atoms in total. The highest BCUT2D eigenvalue weighted by molar-refractivity contribution is 14.1. The minimum Gasteiger partial charge on any atom is -0.480 e. The third-order valence-corrected chi connectivity index (χ3v) is 3.53. The third kappa shape index (κ3) is 4.13. The van der Waals surface area contributed by atoms with Gasteiger partial charge in [0.25, 0.3) is 5.91 Å². The van der Waals surface area contributed by atoms with Crippen molar-refractivity contribution in [2.24, 2.45) is 0 Å². The molecule has 1 aromatic rings. The lowest BCUT2D eigenvalue weighted by Crippen LogP contribution is -2.40. The molecule has 1 amide bonds. The van der Waals surface area contributed by atoms with Crippen LogP contribution in [0.25, 0.3) is 0 Å². The second-order valence-electron chi connectivity index (χ2n) is 3.78. The Bertz CT molecular complexity index is 465. The minimum absolute atomic E-state index is 0.394. The zero-order chi connectivity index (χ0) is 13.7. The molecule has 0 spiro atoms. The molecule has 0 aliphatic heterocycles. The number of carbonyl (C=O) groups excluding carboxylic acids is 1. The maximum absolute atomic E-state index is 12.0. The van der Waals surface area contributed by atoms with Gasteiger partial charge >= 0.3 is 5.97 Å². The number of rotatable bonds is 5. The lowest BCUT2D eigenvalue weighted by Gasteiger charge is -2.14. The van der Waals surface area contributed by atoms with E-state index in [9.17, 15) is 9.59 Å². The van der Waals surface area contributed by atoms with E-state index in [1.165, 1.54) is 6.07 Å². The average Bonchev–Trinajstić information content (AvgIpc) is 2.31. The molecule has 0 aliphatic rings. The third-order valence-electron chi connectivity index (χ3n) is 2.35. The molecule has 0 heterocycles. The molecule has 0 saturated heterocycles. The topological polar surface area (TPSA) is 66.4 Å². The number of halogens is 2. The minimum atomic E-state index is -1.03. The van der Waals surface area contributed by atoms with Gasteiger partial charge < -0.3 is 10.4 Å². The van der Waals surface area contributed by atoms with Crippen molar-refractivity contribution in [3.8, 4) is 0 Å². The van der Waals surface area contributed by atoms with Gasteiger partial charge in [-0.3, -0.25) is 4.79 Å². The zero-order valence-electron chi connectivity index (χ0n) is 9.74. The fourth-order valence-electron chi connectivity index (χ4n) is 1.45. The van der Waals surface area contributed by atoms with Crippen LogP contribution in [0, 0.1) is 3.57 Å². The van der Waals surface area contributed by atoms with Crippen LogP contribution < -0.4 is 5.32 Å². The predicted octanol–water partition coefficient (Wildman–Crippen LogP) is 2.93. The van der Waals surface area contributed by atoms with E-state index in [4.69, 9.17) is 16.7 Å². The standard InChI is InChI=1S/C12H13ClINO3/c1-2-3-10(12(17)18)15-11(16)8-6-7(13)4-5-9(8)14/h4-6,10H,2-3H2,1H3,(H,15,16)(H,17,18). The maximum Gasteiger partial charge on any atom is 0.326 e. The molecule has 2 N–H and O–H groups in total. The molecule has 6 heteroatoms. The number of benzene rings is 1. The van der Waals surface area contributed by atoms with E-state index in [0.29, 0.717) is 23.4 Å². The lowest BCUT2D eigenvalue weighted by atomic mass is 10.1. The summed E-state index contributed by atoms with van der Waals surface area (Å²) in [6, 6.07) is 4.06. The predicted molar refractivity (Wildman–Crippen MR) is 78.0 cm³/mol. The van der Waals surface area contributed by atoms with E-state index in [1.807, 2.05) is 29.5 Å². The number of aliphatic carboxylic acids is 1. The summed E-state index contributed by atoms with van der Waals surface area (Å²) >= 11 is 7.83. The second-order valence-corrected chi connectivity index (χ2v) is 5.38. The first-order valence-electron chi connectivity index (χ1n) is 5.44. The zero-order valence-corrected chi connectivity index (χ0v) is 12.7. The highest BCUT2D eigenvalue weighted by Crippen LogP contribution is 2.18. The summed E-state index contributed by atoms with van der Waals surface area (Å²) < 4.78 is 0.732. The van der Waals surface area contributed by atoms with E-state index in [2.05, 4.69) is 5.32 Å². The van der Waals surface area contributed by atoms with Crippen LogP contribution in [0.15, 0.2) is 18.2 Å². The van der Waals surface area contributed by atoms with Crippen LogP contribution in [-0.4, -0.2) is 23.0 Å². The van der Waals surface area contributed by atoms with Crippen molar-refractivity contribution in [2.45, 2.75) is 25.8 Å². The van der Waals surface area contributed by atoms with Crippen molar-refractivity contribution < 1.29 is 14.7 Å². The highest BCUT2D eigenvalue weighted by atomic mass is 127. The van der Waals surface area contributed by atoms with Gasteiger partial charge in [-0.1, -0.05) is 24.9 Å². The van der Waals surface area contributed by atoms with Crippen LogP contribution in [-0.2, 0) is 4.79 Å². The summed E-state index contributed by atoms with van der Waals surface area (Å²) in [6.45, 7) is 1.87. The van der Waals surface area contributed by atoms with Crippen LogP contribution in [0.2, 0.25) is 5.02 Å². The molecule has 1 rings (SSSR count). The van der Waals surface area contributed by atoms with Crippen LogP contribution in [0.5, 0.6) is 0 Å². The van der Waals surface area contributed by atoms with Crippen molar-refractivity contribution in [2.75, 3.05) is 0 Å². The first-order valence-corrected chi connectivity index (χ1v) is 6.90. The molecule has 1 aromatic carbocycles. The van der Waals surface area contributed by atoms with Gasteiger partial charge in [0.05, 0.1) is 5.56 Å². The number of hydrogen-bond donors (Lipinski definition) is 2. The van der Waals surface area contributed by atoms with Crippen molar-refractivity contribution in [3.63, 3.8) is 0 Å². The van der Waals surface area contributed by atoms with Gasteiger partial charge in [0.1, 0.15) is 6.04 Å². The smallest absolute Gasteiger partial charge is 0.326 e. The monoisotopic (exact) mass is 381 g/mol. The first kappa shape index (κ1) is 15.2. The van der Waals surface area contributed by atoms with Crippen LogP contribution in [0.4, 0.5) is 0 Å². The van der Waals surface area contributed by atoms with E-state index >= 15 is 0 Å². The number of carbonyl (C=O) groups is 2. The Morgan fingerprint density at radius 3 is 2.72 bits per heavy atom. The Labute approximate surface area is 124 Å². The van der Waals surface area contributed by atoms with Crippen molar-refractivity contribution >= 4 is 46.1 Å². The molecule has 0 bridgehead atoms. The lowest BCUT2D eigenvalue weighted by molar-refractivity contribution is -0.139. The molecule has 0 saturated carbocycles. The van der Waals surface area contributed by atoms with Crippen molar-refractivity contribution in [1.82, 2.24) is 5.32 Å². The molecular formula is C12H13ClINO3. The van der Waals surface area contributed by atoms with Gasteiger partial charge in [-0.05, 0) is 47.2 Å². The molecule has 18 heavy (non-hydrogen) atoms. The van der Waals surface area contributed by atoms with E-state index < -0.39 is 17.9 Å². The average molecular weight is 382 g/mol. The number of carboxylic acid groups (broad SMARTS) is 1. The largest absolute Gasteiger partial charge is 0.480 e. The van der Waals surface area contributed by atoms with E-state index in [1.54, 1.807) is 12.1 Å². The van der Waals surface area contributed by atoms with Crippen molar-refractivity contribution in [3.05, 3.63) is 32.4 Å². The van der Waals surface area contributed by atoms with Crippen LogP contribution >= 0.6 is 34.2 Å². The summed E-state index contributed by atoms with van der Waals surface area (Å²) in [5.74, 6) is -1.44. The molecule has 98 valence electrons. The second kappa shape index (κ2) is 6.94. The van der Waals surface area contributed by atoms with Gasteiger partial charge in [0.2, 0.25) is 0 Å². The Kier molecular flexibility index (Phi) is 5.87.